The third kappa shape index (κ3) is 5.04. The third-order valence-corrected chi connectivity index (χ3v) is 3.93. The molecular weight excluding hydrogens is 344 g/mol. The van der Waals surface area contributed by atoms with Crippen LogP contribution in [0.15, 0.2) is 59.1 Å². The van der Waals surface area contributed by atoms with Gasteiger partial charge in [0.2, 0.25) is 5.82 Å². The second-order valence-corrected chi connectivity index (χ2v) is 5.78. The van der Waals surface area contributed by atoms with Gasteiger partial charge in [0.1, 0.15) is 5.75 Å². The number of hydrogen-bond acceptors (Lipinski definition) is 6. The first-order chi connectivity index (χ1) is 13.2. The highest BCUT2D eigenvalue weighted by molar-refractivity contribution is 5.87. The van der Waals surface area contributed by atoms with Gasteiger partial charge in [0.05, 0.1) is 7.11 Å². The van der Waals surface area contributed by atoms with E-state index in [1.807, 2.05) is 48.5 Å². The molecule has 0 amide bonds. The number of nitrogens with zero attached hydrogens (tertiary/aromatic N) is 2. The molecule has 0 fully saturated rings. The Bertz CT molecular complexity index is 929. The molecule has 0 saturated heterocycles. The van der Waals surface area contributed by atoms with Crippen molar-refractivity contribution in [3.63, 3.8) is 0 Å². The average molecular weight is 364 g/mol. The quantitative estimate of drug-likeness (QED) is 0.465. The highest BCUT2D eigenvalue weighted by atomic mass is 16.6. The van der Waals surface area contributed by atoms with Crippen LogP contribution in [-0.4, -0.2) is 23.2 Å². The smallest absolute Gasteiger partial charge is 0.331 e. The van der Waals surface area contributed by atoms with Crippen molar-refractivity contribution < 1.29 is 18.8 Å². The van der Waals surface area contributed by atoms with Crippen molar-refractivity contribution in [1.82, 2.24) is 10.1 Å². The Morgan fingerprint density at radius 3 is 2.74 bits per heavy atom. The molecule has 6 heteroatoms. The predicted molar refractivity (Wildman–Crippen MR) is 101 cm³/mol. The molecule has 0 aliphatic heterocycles. The summed E-state index contributed by atoms with van der Waals surface area (Å²) in [5.74, 6) is 0.934. The van der Waals surface area contributed by atoms with Gasteiger partial charge in [-0.2, -0.15) is 4.98 Å². The summed E-state index contributed by atoms with van der Waals surface area (Å²) in [7, 11) is 1.59. The first-order valence-corrected chi connectivity index (χ1v) is 8.58. The van der Waals surface area contributed by atoms with Gasteiger partial charge in [-0.3, -0.25) is 0 Å². The lowest BCUT2D eigenvalue weighted by molar-refractivity contribution is -0.139. The van der Waals surface area contributed by atoms with E-state index in [-0.39, 0.29) is 12.5 Å². The lowest BCUT2D eigenvalue weighted by Gasteiger charge is -2.00. The van der Waals surface area contributed by atoms with Crippen LogP contribution in [0.1, 0.15) is 23.9 Å². The molecule has 3 rings (SSSR count). The Morgan fingerprint density at radius 2 is 2.00 bits per heavy atom. The second kappa shape index (κ2) is 8.80. The van der Waals surface area contributed by atoms with Gasteiger partial charge in [0, 0.05) is 11.6 Å². The van der Waals surface area contributed by atoms with Crippen molar-refractivity contribution in [3.8, 4) is 17.1 Å². The zero-order valence-electron chi connectivity index (χ0n) is 15.2. The van der Waals surface area contributed by atoms with Gasteiger partial charge in [0.15, 0.2) is 6.61 Å². The fourth-order valence-corrected chi connectivity index (χ4v) is 2.41. The zero-order chi connectivity index (χ0) is 19.1. The lowest BCUT2D eigenvalue weighted by Crippen LogP contribution is -2.01. The monoisotopic (exact) mass is 364 g/mol. The summed E-state index contributed by atoms with van der Waals surface area (Å²) in [5.41, 5.74) is 2.92. The highest BCUT2D eigenvalue weighted by Crippen LogP contribution is 2.17. The first-order valence-electron chi connectivity index (χ1n) is 8.58. The minimum atomic E-state index is -0.495. The summed E-state index contributed by atoms with van der Waals surface area (Å²) in [6.07, 6.45) is 3.96. The number of aromatic nitrogens is 2. The summed E-state index contributed by atoms with van der Waals surface area (Å²) >= 11 is 0. The van der Waals surface area contributed by atoms with E-state index in [9.17, 15) is 4.79 Å². The highest BCUT2D eigenvalue weighted by Gasteiger charge is 2.10. The van der Waals surface area contributed by atoms with Crippen molar-refractivity contribution in [3.05, 3.63) is 71.6 Å². The van der Waals surface area contributed by atoms with E-state index < -0.39 is 5.97 Å². The molecule has 2 aromatic carbocycles. The molecule has 0 N–H and O–H groups in total. The van der Waals surface area contributed by atoms with Crippen LogP contribution in [0.25, 0.3) is 17.5 Å². The van der Waals surface area contributed by atoms with Gasteiger partial charge in [-0.1, -0.05) is 48.5 Å². The number of carbonyl (C=O) groups excluding carboxylic acids is 1. The molecule has 1 heterocycles. The molecule has 0 bridgehead atoms. The van der Waals surface area contributed by atoms with Gasteiger partial charge in [0.25, 0.3) is 5.89 Å². The van der Waals surface area contributed by atoms with Gasteiger partial charge < -0.3 is 14.0 Å². The van der Waals surface area contributed by atoms with Gasteiger partial charge in [-0.05, 0) is 35.8 Å². The van der Waals surface area contributed by atoms with Crippen LogP contribution < -0.4 is 4.74 Å². The van der Waals surface area contributed by atoms with Crippen LogP contribution in [0.3, 0.4) is 0 Å². The van der Waals surface area contributed by atoms with Gasteiger partial charge in [-0.25, -0.2) is 4.79 Å². The maximum absolute atomic E-state index is 11.9. The maximum atomic E-state index is 11.9. The maximum Gasteiger partial charge on any atom is 0.331 e. The van der Waals surface area contributed by atoms with E-state index in [0.29, 0.717) is 5.82 Å². The molecular formula is C21H20N2O4. The van der Waals surface area contributed by atoms with Crippen LogP contribution in [0.5, 0.6) is 5.75 Å². The van der Waals surface area contributed by atoms with Crippen LogP contribution in [0.4, 0.5) is 0 Å². The summed E-state index contributed by atoms with van der Waals surface area (Å²) in [4.78, 5) is 16.1. The Balaban J connectivity index is 1.55. The minimum absolute atomic E-state index is 0.0820. The summed E-state index contributed by atoms with van der Waals surface area (Å²) in [6.45, 7) is 2.01. The van der Waals surface area contributed by atoms with E-state index >= 15 is 0 Å². The molecule has 0 unspecified atom stereocenters. The zero-order valence-corrected chi connectivity index (χ0v) is 15.2. The lowest BCUT2D eigenvalue weighted by atomic mass is 10.1. The van der Waals surface area contributed by atoms with E-state index in [0.717, 1.165) is 23.3 Å². The largest absolute Gasteiger partial charge is 0.497 e. The van der Waals surface area contributed by atoms with Crippen molar-refractivity contribution in [2.45, 2.75) is 20.0 Å². The van der Waals surface area contributed by atoms with E-state index in [2.05, 4.69) is 17.1 Å². The number of benzene rings is 2. The minimum Gasteiger partial charge on any atom is -0.497 e. The molecule has 138 valence electrons. The van der Waals surface area contributed by atoms with Crippen LogP contribution in [0, 0.1) is 0 Å². The third-order valence-electron chi connectivity index (χ3n) is 3.93. The predicted octanol–water partition coefficient (Wildman–Crippen LogP) is 4.06. The Kier molecular flexibility index (Phi) is 5.99. The molecule has 0 saturated carbocycles. The molecule has 0 aliphatic carbocycles. The Hall–Kier alpha value is -3.41. The molecule has 1 aromatic heterocycles. The standard InChI is InChI=1S/C21H20N2O4/c1-3-15-7-10-17(11-8-15)21-22-19(27-23-21)14-26-20(24)12-9-16-5-4-6-18(13-16)25-2/h4-13H,3,14H2,1-2H3/b12-9+. The topological polar surface area (TPSA) is 74.5 Å². The molecule has 27 heavy (non-hydrogen) atoms. The number of rotatable bonds is 7. The van der Waals surface area contributed by atoms with Crippen LogP contribution in [0.2, 0.25) is 0 Å². The summed E-state index contributed by atoms with van der Waals surface area (Å²) < 4.78 is 15.4. The fourth-order valence-electron chi connectivity index (χ4n) is 2.41. The second-order valence-electron chi connectivity index (χ2n) is 5.78. The van der Waals surface area contributed by atoms with Crippen LogP contribution in [-0.2, 0) is 22.6 Å². The summed E-state index contributed by atoms with van der Waals surface area (Å²) in [6, 6.07) is 15.3. The number of carbonyl (C=O) groups is 1. The Morgan fingerprint density at radius 1 is 1.19 bits per heavy atom. The number of methoxy groups -OCH3 is 1. The molecule has 0 aliphatic rings. The van der Waals surface area contributed by atoms with Crippen molar-refractivity contribution >= 4 is 12.0 Å². The molecule has 0 radical (unpaired) electrons. The van der Waals surface area contributed by atoms with E-state index in [1.165, 1.54) is 11.6 Å². The molecule has 0 atom stereocenters. The van der Waals surface area contributed by atoms with Crippen molar-refractivity contribution in [2.75, 3.05) is 7.11 Å². The van der Waals surface area contributed by atoms with Crippen LogP contribution >= 0.6 is 0 Å². The van der Waals surface area contributed by atoms with Crippen molar-refractivity contribution in [2.24, 2.45) is 0 Å². The molecule has 6 nitrogen and oxygen atoms in total. The molecule has 3 aromatic rings. The van der Waals surface area contributed by atoms with Gasteiger partial charge in [-0.15, -0.1) is 0 Å². The molecule has 0 spiro atoms. The first kappa shape index (κ1) is 18.4. The number of aryl methyl sites for hydroxylation is 1. The Labute approximate surface area is 157 Å². The SMILES string of the molecule is CCc1ccc(-c2noc(COC(=O)/C=C/c3cccc(OC)c3)n2)cc1. The summed E-state index contributed by atoms with van der Waals surface area (Å²) in [5, 5.41) is 3.92. The number of esters is 1. The van der Waals surface area contributed by atoms with E-state index in [4.69, 9.17) is 14.0 Å². The van der Waals surface area contributed by atoms with Crippen molar-refractivity contribution in [1.29, 1.82) is 0 Å². The normalized spacial score (nSPS) is 10.9. The number of hydrogen-bond donors (Lipinski definition) is 0. The van der Waals surface area contributed by atoms with Gasteiger partial charge >= 0.3 is 5.97 Å². The fraction of sp³-hybridized carbons (Fsp3) is 0.190. The van der Waals surface area contributed by atoms with E-state index in [1.54, 1.807) is 13.2 Å². The number of ether oxygens (including phenoxy) is 2. The average Bonchev–Trinajstić information content (AvgIpc) is 3.20.